The predicted octanol–water partition coefficient (Wildman–Crippen LogP) is 0.620. The van der Waals surface area contributed by atoms with Crippen molar-refractivity contribution in [3.05, 3.63) is 22.9 Å². The van der Waals surface area contributed by atoms with Crippen LogP contribution < -0.4 is 10.0 Å². The molecule has 0 saturated carbocycles. The number of aromatic nitrogens is 1. The monoisotopic (exact) mass is 313 g/mol. The van der Waals surface area contributed by atoms with E-state index in [0.717, 1.165) is 36.8 Å². The van der Waals surface area contributed by atoms with Crippen LogP contribution in [-0.4, -0.2) is 43.8 Å². The van der Waals surface area contributed by atoms with Gasteiger partial charge in [0.2, 0.25) is 10.0 Å². The van der Waals surface area contributed by atoms with E-state index in [1.807, 2.05) is 0 Å². The molecule has 0 atom stereocenters. The van der Waals surface area contributed by atoms with E-state index in [-0.39, 0.29) is 5.56 Å². The lowest BCUT2D eigenvalue weighted by atomic mass is 10.1. The zero-order valence-corrected chi connectivity index (χ0v) is 12.7. The maximum atomic E-state index is 11.3. The smallest absolute Gasteiger partial charge is 0.339 e. The van der Waals surface area contributed by atoms with Crippen LogP contribution >= 0.6 is 0 Å². The molecule has 0 amide bonds. The first-order chi connectivity index (χ1) is 9.87. The molecule has 1 aliphatic carbocycles. The van der Waals surface area contributed by atoms with E-state index in [2.05, 4.69) is 15.0 Å². The van der Waals surface area contributed by atoms with E-state index in [1.165, 1.54) is 0 Å². The van der Waals surface area contributed by atoms with Gasteiger partial charge in [-0.1, -0.05) is 0 Å². The van der Waals surface area contributed by atoms with Crippen molar-refractivity contribution in [2.45, 2.75) is 25.7 Å². The first-order valence-corrected chi connectivity index (χ1v) is 8.70. The third-order valence-electron chi connectivity index (χ3n) is 3.29. The van der Waals surface area contributed by atoms with Crippen LogP contribution in [0.1, 0.15) is 34.5 Å². The van der Waals surface area contributed by atoms with Crippen molar-refractivity contribution in [2.75, 3.05) is 24.7 Å². The second-order valence-electron chi connectivity index (χ2n) is 5.10. The van der Waals surface area contributed by atoms with Crippen LogP contribution in [0.5, 0.6) is 0 Å². The first-order valence-electron chi connectivity index (χ1n) is 6.81. The number of anilines is 1. The number of fused-ring (bicyclic) bond motifs is 1. The molecule has 0 unspecified atom stereocenters. The molecule has 1 aliphatic rings. The number of hydrogen-bond acceptors (Lipinski definition) is 5. The van der Waals surface area contributed by atoms with Crippen molar-refractivity contribution in [3.63, 3.8) is 0 Å². The summed E-state index contributed by atoms with van der Waals surface area (Å²) in [5.41, 5.74) is 2.14. The van der Waals surface area contributed by atoms with Crippen molar-refractivity contribution in [3.8, 4) is 0 Å². The Labute approximate surface area is 123 Å². The molecular weight excluding hydrogens is 294 g/mol. The third kappa shape index (κ3) is 4.40. The van der Waals surface area contributed by atoms with Crippen LogP contribution in [0.4, 0.5) is 5.82 Å². The number of rotatable bonds is 7. The molecule has 1 aromatic rings. The summed E-state index contributed by atoms with van der Waals surface area (Å²) in [5.74, 6) is -0.642. The lowest BCUT2D eigenvalue weighted by Gasteiger charge is -2.11. The summed E-state index contributed by atoms with van der Waals surface area (Å²) in [5, 5.41) is 12.2. The Bertz CT molecular complexity index is 643. The summed E-state index contributed by atoms with van der Waals surface area (Å²) in [6, 6.07) is 1.69. The van der Waals surface area contributed by atoms with Crippen molar-refractivity contribution in [1.82, 2.24) is 9.71 Å². The molecule has 8 heteroatoms. The van der Waals surface area contributed by atoms with Gasteiger partial charge in [0.1, 0.15) is 11.4 Å². The minimum absolute atomic E-state index is 0.173. The van der Waals surface area contributed by atoms with E-state index in [9.17, 15) is 18.3 Å². The SMILES string of the molecule is CS(=O)(=O)NCCCNc1nc2c(cc1C(=O)O)CCC2. The molecule has 1 aromatic heterocycles. The molecule has 3 N–H and O–H groups in total. The van der Waals surface area contributed by atoms with Crippen LogP contribution in [0.2, 0.25) is 0 Å². The Hall–Kier alpha value is -1.67. The van der Waals surface area contributed by atoms with Gasteiger partial charge in [0.05, 0.1) is 6.26 Å². The van der Waals surface area contributed by atoms with Crippen molar-refractivity contribution >= 4 is 21.8 Å². The Kier molecular flexibility index (Phi) is 4.79. The van der Waals surface area contributed by atoms with Gasteiger partial charge in [0.25, 0.3) is 0 Å². The number of nitrogens with one attached hydrogen (secondary N) is 2. The molecule has 7 nitrogen and oxygen atoms in total. The number of sulfonamides is 1. The van der Waals surface area contributed by atoms with Crippen LogP contribution in [-0.2, 0) is 22.9 Å². The zero-order chi connectivity index (χ0) is 15.5. The topological polar surface area (TPSA) is 108 Å². The van der Waals surface area contributed by atoms with Gasteiger partial charge < -0.3 is 10.4 Å². The number of carboxylic acids is 1. The highest BCUT2D eigenvalue weighted by Gasteiger charge is 2.19. The van der Waals surface area contributed by atoms with E-state index >= 15 is 0 Å². The predicted molar refractivity (Wildman–Crippen MR) is 79.2 cm³/mol. The number of hydrogen-bond donors (Lipinski definition) is 3. The largest absolute Gasteiger partial charge is 0.478 e. The van der Waals surface area contributed by atoms with Gasteiger partial charge in [-0.3, -0.25) is 0 Å². The molecule has 2 rings (SSSR count). The van der Waals surface area contributed by atoms with E-state index < -0.39 is 16.0 Å². The third-order valence-corrected chi connectivity index (χ3v) is 4.02. The fourth-order valence-corrected chi connectivity index (χ4v) is 2.84. The molecule has 0 aromatic carbocycles. The van der Waals surface area contributed by atoms with Crippen molar-refractivity contribution < 1.29 is 18.3 Å². The van der Waals surface area contributed by atoms with Crippen molar-refractivity contribution in [2.24, 2.45) is 0 Å². The van der Waals surface area contributed by atoms with Gasteiger partial charge >= 0.3 is 5.97 Å². The number of pyridine rings is 1. The summed E-state index contributed by atoms with van der Waals surface area (Å²) >= 11 is 0. The molecular formula is C13H19N3O4S. The molecule has 0 fully saturated rings. The zero-order valence-electron chi connectivity index (χ0n) is 11.8. The molecule has 1 heterocycles. The van der Waals surface area contributed by atoms with Gasteiger partial charge in [-0.2, -0.15) is 0 Å². The fourth-order valence-electron chi connectivity index (χ4n) is 2.32. The molecule has 0 aliphatic heterocycles. The van der Waals surface area contributed by atoms with Gasteiger partial charge in [-0.05, 0) is 37.3 Å². The lowest BCUT2D eigenvalue weighted by molar-refractivity contribution is 0.0697. The number of carboxylic acid groups (broad SMARTS) is 1. The average Bonchev–Trinajstić information content (AvgIpc) is 2.82. The number of nitrogens with zero attached hydrogens (tertiary/aromatic N) is 1. The maximum Gasteiger partial charge on any atom is 0.339 e. The van der Waals surface area contributed by atoms with Crippen molar-refractivity contribution in [1.29, 1.82) is 0 Å². The summed E-state index contributed by atoms with van der Waals surface area (Å²) in [6.07, 6.45) is 4.40. The second-order valence-corrected chi connectivity index (χ2v) is 6.93. The van der Waals surface area contributed by atoms with Gasteiger partial charge in [0, 0.05) is 18.8 Å². The standard InChI is InChI=1S/C13H19N3O4S/c1-21(19,20)15-7-3-6-14-12-10(13(17)18)8-9-4-2-5-11(9)16-12/h8,15H,2-7H2,1H3,(H,14,16)(H,17,18). The van der Waals surface area contributed by atoms with E-state index in [0.29, 0.717) is 25.3 Å². The molecule has 0 bridgehead atoms. The van der Waals surface area contributed by atoms with E-state index in [4.69, 9.17) is 0 Å². The number of carbonyl (C=O) groups is 1. The fraction of sp³-hybridized carbons (Fsp3) is 0.538. The number of aryl methyl sites for hydroxylation is 2. The normalized spacial score (nSPS) is 14.0. The Morgan fingerprint density at radius 3 is 2.81 bits per heavy atom. The van der Waals surface area contributed by atoms with Gasteiger partial charge in [-0.15, -0.1) is 0 Å². The maximum absolute atomic E-state index is 11.3. The highest BCUT2D eigenvalue weighted by Crippen LogP contribution is 2.25. The minimum Gasteiger partial charge on any atom is -0.478 e. The Morgan fingerprint density at radius 2 is 2.14 bits per heavy atom. The van der Waals surface area contributed by atoms with Crippen LogP contribution in [0.25, 0.3) is 0 Å². The van der Waals surface area contributed by atoms with Gasteiger partial charge in [-0.25, -0.2) is 22.9 Å². The number of aromatic carboxylic acids is 1. The average molecular weight is 313 g/mol. The highest BCUT2D eigenvalue weighted by molar-refractivity contribution is 7.88. The Balaban J connectivity index is 1.98. The van der Waals surface area contributed by atoms with Gasteiger partial charge in [0.15, 0.2) is 0 Å². The summed E-state index contributed by atoms with van der Waals surface area (Å²) in [4.78, 5) is 15.7. The summed E-state index contributed by atoms with van der Waals surface area (Å²) < 4.78 is 24.2. The van der Waals surface area contributed by atoms with Crippen LogP contribution in [0, 0.1) is 0 Å². The van der Waals surface area contributed by atoms with E-state index in [1.54, 1.807) is 6.07 Å². The molecule has 0 spiro atoms. The quantitative estimate of drug-likeness (QED) is 0.637. The lowest BCUT2D eigenvalue weighted by Crippen LogP contribution is -2.24. The summed E-state index contributed by atoms with van der Waals surface area (Å²) in [7, 11) is -3.19. The highest BCUT2D eigenvalue weighted by atomic mass is 32.2. The molecule has 0 saturated heterocycles. The Morgan fingerprint density at radius 1 is 1.38 bits per heavy atom. The van der Waals surface area contributed by atoms with Crippen LogP contribution in [0.3, 0.4) is 0 Å². The summed E-state index contributed by atoms with van der Waals surface area (Å²) in [6.45, 7) is 0.758. The molecule has 0 radical (unpaired) electrons. The minimum atomic E-state index is -3.19. The van der Waals surface area contributed by atoms with Crippen LogP contribution in [0.15, 0.2) is 6.07 Å². The molecule has 21 heavy (non-hydrogen) atoms. The first kappa shape index (κ1) is 15.7. The molecule has 116 valence electrons. The second kappa shape index (κ2) is 6.40.